The summed E-state index contributed by atoms with van der Waals surface area (Å²) >= 11 is 2.14. The molecule has 0 fully saturated rings. The summed E-state index contributed by atoms with van der Waals surface area (Å²) in [7, 11) is 0. The molecule has 0 atom stereocenters. The minimum absolute atomic E-state index is 0.631. The number of benzene rings is 1. The topological polar surface area (TPSA) is 41.6 Å². The fraction of sp³-hybridized carbons (Fsp3) is 0. The molecule has 0 amide bonds. The molecule has 4 heteroatoms. The molecule has 0 spiro atoms. The fourth-order valence-electron chi connectivity index (χ4n) is 1.20. The van der Waals surface area contributed by atoms with Gasteiger partial charge < -0.3 is 0 Å². The lowest BCUT2D eigenvalue weighted by atomic mass is 10.2. The average Bonchev–Trinajstić information content (AvgIpc) is 2.65. The zero-order valence-electron chi connectivity index (χ0n) is 7.18. The number of para-hydroxylation sites is 1. The van der Waals surface area contributed by atoms with Crippen molar-refractivity contribution in [1.82, 2.24) is 9.78 Å². The Bertz CT molecular complexity index is 496. The third-order valence-corrected chi connectivity index (χ3v) is 2.40. The van der Waals surface area contributed by atoms with Gasteiger partial charge in [0.1, 0.15) is 9.77 Å². The highest BCUT2D eigenvalue weighted by Crippen LogP contribution is 2.13. The van der Waals surface area contributed by atoms with Crippen LogP contribution in [0.4, 0.5) is 0 Å². The Morgan fingerprint density at radius 1 is 1.29 bits per heavy atom. The highest BCUT2D eigenvalue weighted by Gasteiger charge is 2.03. The summed E-state index contributed by atoms with van der Waals surface area (Å²) in [4.78, 5) is 0. The summed E-state index contributed by atoms with van der Waals surface area (Å²) in [5.74, 6) is 0. The van der Waals surface area contributed by atoms with Crippen LogP contribution in [-0.2, 0) is 0 Å². The average molecular weight is 295 g/mol. The highest BCUT2D eigenvalue weighted by molar-refractivity contribution is 14.1. The monoisotopic (exact) mass is 295 g/mol. The van der Waals surface area contributed by atoms with Crippen molar-refractivity contribution in [2.24, 2.45) is 0 Å². The Hall–Kier alpha value is -1.35. The van der Waals surface area contributed by atoms with E-state index in [2.05, 4.69) is 33.8 Å². The highest BCUT2D eigenvalue weighted by atomic mass is 127. The Morgan fingerprint density at radius 2 is 2.07 bits per heavy atom. The minimum Gasteiger partial charge on any atom is -0.239 e. The van der Waals surface area contributed by atoms with Gasteiger partial charge in [0.05, 0.1) is 11.3 Å². The second kappa shape index (κ2) is 3.80. The van der Waals surface area contributed by atoms with E-state index in [0.717, 1.165) is 9.39 Å². The van der Waals surface area contributed by atoms with Crippen LogP contribution in [0, 0.1) is 15.0 Å². The van der Waals surface area contributed by atoms with Crippen molar-refractivity contribution in [3.63, 3.8) is 0 Å². The third kappa shape index (κ3) is 1.63. The fourth-order valence-corrected chi connectivity index (χ4v) is 1.60. The van der Waals surface area contributed by atoms with Crippen LogP contribution in [0.5, 0.6) is 0 Å². The third-order valence-electron chi connectivity index (χ3n) is 1.83. The zero-order valence-corrected chi connectivity index (χ0v) is 9.34. The standard InChI is InChI=1S/C10H6IN3/c11-10-5-6-14(13-10)9-4-2-1-3-8(9)7-12/h1-6H. The Morgan fingerprint density at radius 3 is 2.71 bits per heavy atom. The van der Waals surface area contributed by atoms with Gasteiger partial charge in [-0.05, 0) is 40.8 Å². The molecule has 0 radical (unpaired) electrons. The molecule has 2 rings (SSSR count). The smallest absolute Gasteiger partial charge is 0.123 e. The van der Waals surface area contributed by atoms with Gasteiger partial charge in [0.15, 0.2) is 0 Å². The molecule has 1 aromatic heterocycles. The van der Waals surface area contributed by atoms with Crippen LogP contribution in [-0.4, -0.2) is 9.78 Å². The lowest BCUT2D eigenvalue weighted by Crippen LogP contribution is -1.97. The van der Waals surface area contributed by atoms with Gasteiger partial charge in [-0.3, -0.25) is 0 Å². The van der Waals surface area contributed by atoms with E-state index < -0.39 is 0 Å². The molecule has 68 valence electrons. The van der Waals surface area contributed by atoms with Crippen LogP contribution in [0.15, 0.2) is 36.5 Å². The number of hydrogen-bond donors (Lipinski definition) is 0. The number of hydrogen-bond acceptors (Lipinski definition) is 2. The van der Waals surface area contributed by atoms with Crippen LogP contribution in [0.3, 0.4) is 0 Å². The van der Waals surface area contributed by atoms with Crippen LogP contribution in [0.1, 0.15) is 5.56 Å². The van der Waals surface area contributed by atoms with E-state index in [1.54, 1.807) is 10.7 Å². The second-order valence-electron chi connectivity index (χ2n) is 2.71. The molecule has 0 bridgehead atoms. The van der Waals surface area contributed by atoms with Crippen LogP contribution in [0.2, 0.25) is 0 Å². The van der Waals surface area contributed by atoms with Gasteiger partial charge in [-0.25, -0.2) is 4.68 Å². The molecule has 0 N–H and O–H groups in total. The van der Waals surface area contributed by atoms with Crippen molar-refractivity contribution >= 4 is 22.6 Å². The van der Waals surface area contributed by atoms with Crippen LogP contribution < -0.4 is 0 Å². The van der Waals surface area contributed by atoms with E-state index in [1.807, 2.05) is 30.5 Å². The molecule has 1 heterocycles. The first-order chi connectivity index (χ1) is 6.81. The lowest BCUT2D eigenvalue weighted by Gasteiger charge is -2.02. The number of nitrogens with zero attached hydrogens (tertiary/aromatic N) is 3. The van der Waals surface area contributed by atoms with Crippen molar-refractivity contribution in [2.75, 3.05) is 0 Å². The van der Waals surface area contributed by atoms with E-state index in [9.17, 15) is 0 Å². The van der Waals surface area contributed by atoms with Gasteiger partial charge in [0.25, 0.3) is 0 Å². The Balaban J connectivity index is 2.57. The molecule has 0 aliphatic rings. The minimum atomic E-state index is 0.631. The molecular weight excluding hydrogens is 289 g/mol. The first kappa shape index (κ1) is 9.21. The number of aromatic nitrogens is 2. The van der Waals surface area contributed by atoms with Crippen molar-refractivity contribution in [3.05, 3.63) is 45.8 Å². The quantitative estimate of drug-likeness (QED) is 0.758. The molecule has 14 heavy (non-hydrogen) atoms. The normalized spacial score (nSPS) is 9.71. The van der Waals surface area contributed by atoms with Gasteiger partial charge >= 0.3 is 0 Å². The summed E-state index contributed by atoms with van der Waals surface area (Å²) in [6, 6.07) is 11.4. The Kier molecular flexibility index (Phi) is 2.50. The maximum atomic E-state index is 8.89. The van der Waals surface area contributed by atoms with Crippen molar-refractivity contribution < 1.29 is 0 Å². The molecule has 0 unspecified atom stereocenters. The van der Waals surface area contributed by atoms with Crippen LogP contribution in [0.25, 0.3) is 5.69 Å². The zero-order chi connectivity index (χ0) is 9.97. The van der Waals surface area contributed by atoms with Gasteiger partial charge in [-0.1, -0.05) is 12.1 Å². The molecular formula is C10H6IN3. The van der Waals surface area contributed by atoms with E-state index in [4.69, 9.17) is 5.26 Å². The van der Waals surface area contributed by atoms with Crippen molar-refractivity contribution in [1.29, 1.82) is 5.26 Å². The first-order valence-electron chi connectivity index (χ1n) is 4.02. The summed E-state index contributed by atoms with van der Waals surface area (Å²) in [5, 5.41) is 13.1. The molecule has 1 aromatic carbocycles. The summed E-state index contributed by atoms with van der Waals surface area (Å²) in [5.41, 5.74) is 1.45. The number of halogens is 1. The SMILES string of the molecule is N#Cc1ccccc1-n1ccc(I)n1. The van der Waals surface area contributed by atoms with Gasteiger partial charge in [0.2, 0.25) is 0 Å². The van der Waals surface area contributed by atoms with Gasteiger partial charge in [0, 0.05) is 6.20 Å². The maximum Gasteiger partial charge on any atom is 0.123 e. The summed E-state index contributed by atoms with van der Waals surface area (Å²) < 4.78 is 2.62. The predicted octanol–water partition coefficient (Wildman–Crippen LogP) is 2.35. The molecule has 0 aliphatic carbocycles. The maximum absolute atomic E-state index is 8.89. The second-order valence-corrected chi connectivity index (χ2v) is 3.82. The summed E-state index contributed by atoms with van der Waals surface area (Å²) in [6.07, 6.45) is 1.85. The molecule has 0 saturated heterocycles. The Labute approximate surface area is 95.1 Å². The summed E-state index contributed by atoms with van der Waals surface area (Å²) in [6.45, 7) is 0. The molecule has 2 aromatic rings. The van der Waals surface area contributed by atoms with Crippen LogP contribution >= 0.6 is 22.6 Å². The number of rotatable bonds is 1. The van der Waals surface area contributed by atoms with Crippen molar-refractivity contribution in [2.45, 2.75) is 0 Å². The van der Waals surface area contributed by atoms with E-state index >= 15 is 0 Å². The van der Waals surface area contributed by atoms with E-state index in [0.29, 0.717) is 5.56 Å². The van der Waals surface area contributed by atoms with E-state index in [1.165, 1.54) is 0 Å². The predicted molar refractivity (Wildman–Crippen MR) is 61.0 cm³/mol. The first-order valence-corrected chi connectivity index (χ1v) is 5.10. The van der Waals surface area contributed by atoms with Gasteiger partial charge in [-0.15, -0.1) is 0 Å². The molecule has 3 nitrogen and oxygen atoms in total. The largest absolute Gasteiger partial charge is 0.239 e. The van der Waals surface area contributed by atoms with Gasteiger partial charge in [-0.2, -0.15) is 10.4 Å². The molecule has 0 saturated carbocycles. The van der Waals surface area contributed by atoms with Crippen molar-refractivity contribution in [3.8, 4) is 11.8 Å². The number of nitriles is 1. The van der Waals surface area contributed by atoms with E-state index in [-0.39, 0.29) is 0 Å². The lowest BCUT2D eigenvalue weighted by molar-refractivity contribution is 0.866. The molecule has 0 aliphatic heterocycles.